The first-order valence-corrected chi connectivity index (χ1v) is 11.7. The molecule has 2 aromatic rings. The molecular formula is C24H33N3O3S. The molecule has 1 aromatic heterocycles. The molecule has 0 aliphatic carbocycles. The van der Waals surface area contributed by atoms with Gasteiger partial charge in [0, 0.05) is 23.5 Å². The Morgan fingerprint density at radius 2 is 2.00 bits per heavy atom. The van der Waals surface area contributed by atoms with E-state index < -0.39 is 0 Å². The Balaban J connectivity index is 1.75. The van der Waals surface area contributed by atoms with Crippen molar-refractivity contribution in [3.8, 4) is 5.75 Å². The number of aryl methyl sites for hydroxylation is 1. The highest BCUT2D eigenvalue weighted by atomic mass is 32.1. The van der Waals surface area contributed by atoms with Crippen LogP contribution in [0.15, 0.2) is 35.7 Å². The number of hydrogen-bond donors (Lipinski definition) is 1. The molecule has 7 heteroatoms. The third kappa shape index (κ3) is 5.79. The summed E-state index contributed by atoms with van der Waals surface area (Å²) in [5.74, 6) is 0.776. The highest BCUT2D eigenvalue weighted by Crippen LogP contribution is 2.34. The first kappa shape index (κ1) is 23.1. The standard InChI is InChI=1S/C24H33N3O3S/c1-6-26(23(29)25-24(3,4)5)15-22(28)27-13-11-21-18(12-14-31-21)19(27)16-30-20-10-8-7-9-17(20)2/h7-10,12,14,19H,6,11,13,15-16H2,1-5H3,(H,25,29). The van der Waals surface area contributed by atoms with Gasteiger partial charge in [-0.1, -0.05) is 18.2 Å². The third-order valence-corrected chi connectivity index (χ3v) is 6.38. The normalized spacial score (nSPS) is 15.9. The fraction of sp³-hybridized carbons (Fsp3) is 0.500. The van der Waals surface area contributed by atoms with Gasteiger partial charge in [0.15, 0.2) is 0 Å². The maximum atomic E-state index is 13.3. The minimum absolute atomic E-state index is 0.0543. The zero-order valence-corrected chi connectivity index (χ0v) is 19.9. The Bertz CT molecular complexity index is 919. The van der Waals surface area contributed by atoms with E-state index in [1.807, 2.05) is 63.8 Å². The monoisotopic (exact) mass is 443 g/mol. The number of urea groups is 1. The van der Waals surface area contributed by atoms with Gasteiger partial charge in [-0.2, -0.15) is 0 Å². The van der Waals surface area contributed by atoms with Crippen molar-refractivity contribution in [1.82, 2.24) is 15.1 Å². The number of nitrogens with one attached hydrogen (secondary N) is 1. The van der Waals surface area contributed by atoms with E-state index >= 15 is 0 Å². The number of benzene rings is 1. The smallest absolute Gasteiger partial charge is 0.318 e. The number of carbonyl (C=O) groups is 2. The van der Waals surface area contributed by atoms with Gasteiger partial charge in [0.25, 0.3) is 0 Å². The molecule has 0 radical (unpaired) electrons. The van der Waals surface area contributed by atoms with Crippen LogP contribution < -0.4 is 10.1 Å². The highest BCUT2D eigenvalue weighted by molar-refractivity contribution is 7.10. The zero-order chi connectivity index (χ0) is 22.6. The lowest BCUT2D eigenvalue weighted by Gasteiger charge is -2.37. The van der Waals surface area contributed by atoms with E-state index in [9.17, 15) is 9.59 Å². The van der Waals surface area contributed by atoms with Crippen LogP contribution in [-0.4, -0.2) is 53.5 Å². The topological polar surface area (TPSA) is 61.9 Å². The van der Waals surface area contributed by atoms with Gasteiger partial charge in [-0.3, -0.25) is 4.79 Å². The van der Waals surface area contributed by atoms with Crippen LogP contribution in [0.1, 0.15) is 49.7 Å². The van der Waals surface area contributed by atoms with Crippen molar-refractivity contribution in [2.24, 2.45) is 0 Å². The maximum Gasteiger partial charge on any atom is 0.318 e. The van der Waals surface area contributed by atoms with Gasteiger partial charge >= 0.3 is 6.03 Å². The first-order valence-electron chi connectivity index (χ1n) is 10.8. The van der Waals surface area contributed by atoms with Gasteiger partial charge in [0.05, 0.1) is 6.04 Å². The number of hydrogen-bond acceptors (Lipinski definition) is 4. The predicted molar refractivity (Wildman–Crippen MR) is 125 cm³/mol. The minimum Gasteiger partial charge on any atom is -0.491 e. The molecule has 1 aliphatic heterocycles. The lowest BCUT2D eigenvalue weighted by Crippen LogP contribution is -2.52. The molecule has 31 heavy (non-hydrogen) atoms. The second-order valence-electron chi connectivity index (χ2n) is 8.92. The van der Waals surface area contributed by atoms with Crippen LogP contribution >= 0.6 is 11.3 Å². The number of likely N-dealkylation sites (N-methyl/N-ethyl adjacent to an activating group) is 1. The van der Waals surface area contributed by atoms with Crippen LogP contribution in [0.2, 0.25) is 0 Å². The third-order valence-electron chi connectivity index (χ3n) is 5.38. The fourth-order valence-corrected chi connectivity index (χ4v) is 4.67. The van der Waals surface area contributed by atoms with Gasteiger partial charge in [0.2, 0.25) is 5.91 Å². The summed E-state index contributed by atoms with van der Waals surface area (Å²) in [4.78, 5) is 30.7. The van der Waals surface area contributed by atoms with Crippen LogP contribution in [-0.2, 0) is 11.2 Å². The molecule has 1 aliphatic rings. The number of thiophene rings is 1. The van der Waals surface area contributed by atoms with Crippen molar-refractivity contribution in [3.63, 3.8) is 0 Å². The van der Waals surface area contributed by atoms with Gasteiger partial charge in [-0.15, -0.1) is 11.3 Å². The summed E-state index contributed by atoms with van der Waals surface area (Å²) in [5.41, 5.74) is 1.87. The largest absolute Gasteiger partial charge is 0.491 e. The molecule has 168 valence electrons. The summed E-state index contributed by atoms with van der Waals surface area (Å²) in [5, 5.41) is 5.03. The molecule has 3 rings (SSSR count). The Kier molecular flexibility index (Phi) is 7.26. The molecular weight excluding hydrogens is 410 g/mol. The molecule has 6 nitrogen and oxygen atoms in total. The van der Waals surface area contributed by atoms with Gasteiger partial charge < -0.3 is 19.9 Å². The second-order valence-corrected chi connectivity index (χ2v) is 9.92. The van der Waals surface area contributed by atoms with Crippen LogP contribution in [0.5, 0.6) is 5.75 Å². The van der Waals surface area contributed by atoms with Crippen LogP contribution in [0.25, 0.3) is 0 Å². The van der Waals surface area contributed by atoms with Crippen LogP contribution in [0.4, 0.5) is 4.79 Å². The van der Waals surface area contributed by atoms with Crippen molar-refractivity contribution in [3.05, 3.63) is 51.7 Å². The number of rotatable bonds is 6. The molecule has 1 atom stereocenters. The predicted octanol–water partition coefficient (Wildman–Crippen LogP) is 4.39. The van der Waals surface area contributed by atoms with Gasteiger partial charge in [-0.25, -0.2) is 4.79 Å². The Labute approximate surface area is 189 Å². The fourth-order valence-electron chi connectivity index (χ4n) is 3.74. The molecule has 2 heterocycles. The van der Waals surface area contributed by atoms with E-state index in [0.717, 1.165) is 23.3 Å². The van der Waals surface area contributed by atoms with Crippen molar-refractivity contribution in [2.45, 2.75) is 52.6 Å². The summed E-state index contributed by atoms with van der Waals surface area (Å²) in [6.45, 7) is 11.2. The SMILES string of the molecule is CCN(CC(=O)N1CCc2sccc2C1COc1ccccc1C)C(=O)NC(C)(C)C. The molecule has 1 unspecified atom stereocenters. The van der Waals surface area contributed by atoms with E-state index in [1.54, 1.807) is 16.2 Å². The number of para-hydroxylation sites is 1. The molecule has 0 bridgehead atoms. The number of amides is 3. The number of nitrogens with zero attached hydrogens (tertiary/aromatic N) is 2. The van der Waals surface area contributed by atoms with Gasteiger partial charge in [0.1, 0.15) is 18.9 Å². The molecule has 0 fully saturated rings. The lowest BCUT2D eigenvalue weighted by molar-refractivity contribution is -0.135. The Morgan fingerprint density at radius 3 is 2.68 bits per heavy atom. The maximum absolute atomic E-state index is 13.3. The van der Waals surface area contributed by atoms with Gasteiger partial charge in [-0.05, 0) is 69.7 Å². The minimum atomic E-state index is -0.353. The van der Waals surface area contributed by atoms with E-state index in [2.05, 4.69) is 16.8 Å². The van der Waals surface area contributed by atoms with Crippen molar-refractivity contribution in [2.75, 3.05) is 26.2 Å². The quantitative estimate of drug-likeness (QED) is 0.720. The van der Waals surface area contributed by atoms with Crippen molar-refractivity contribution < 1.29 is 14.3 Å². The summed E-state index contributed by atoms with van der Waals surface area (Å²) in [7, 11) is 0. The van der Waals surface area contributed by atoms with E-state index in [0.29, 0.717) is 19.7 Å². The molecule has 3 amide bonds. The number of ether oxygens (including phenoxy) is 1. The summed E-state index contributed by atoms with van der Waals surface area (Å²) in [6.07, 6.45) is 0.833. The number of carbonyl (C=O) groups excluding carboxylic acids is 2. The second kappa shape index (κ2) is 9.73. The average Bonchev–Trinajstić information content (AvgIpc) is 3.18. The number of fused-ring (bicyclic) bond motifs is 1. The van der Waals surface area contributed by atoms with Crippen LogP contribution in [0, 0.1) is 6.92 Å². The van der Waals surface area contributed by atoms with E-state index in [4.69, 9.17) is 4.74 Å². The lowest BCUT2D eigenvalue weighted by atomic mass is 10.0. The molecule has 0 saturated carbocycles. The summed E-state index contributed by atoms with van der Waals surface area (Å²) in [6, 6.07) is 9.62. The molecule has 1 aromatic carbocycles. The van der Waals surface area contributed by atoms with E-state index in [-0.39, 0.29) is 30.1 Å². The zero-order valence-electron chi connectivity index (χ0n) is 19.1. The first-order chi connectivity index (χ1) is 14.7. The Hall–Kier alpha value is -2.54. The van der Waals surface area contributed by atoms with Crippen molar-refractivity contribution in [1.29, 1.82) is 0 Å². The van der Waals surface area contributed by atoms with Crippen molar-refractivity contribution >= 4 is 23.3 Å². The molecule has 1 N–H and O–H groups in total. The average molecular weight is 444 g/mol. The summed E-state index contributed by atoms with van der Waals surface area (Å²) >= 11 is 1.73. The summed E-state index contributed by atoms with van der Waals surface area (Å²) < 4.78 is 6.15. The highest BCUT2D eigenvalue weighted by Gasteiger charge is 2.33. The van der Waals surface area contributed by atoms with Crippen LogP contribution in [0.3, 0.4) is 0 Å². The molecule has 0 saturated heterocycles. The molecule has 0 spiro atoms. The van der Waals surface area contributed by atoms with E-state index in [1.165, 1.54) is 4.88 Å². The Morgan fingerprint density at radius 1 is 1.26 bits per heavy atom.